The van der Waals surface area contributed by atoms with Gasteiger partial charge in [-0.3, -0.25) is 4.57 Å². The SMILES string of the molecule is c1ccc(-c2ccc3c(c2)c2cccc(-c4cccc(-c5cccc(-c6cccc7c6sc6ccccc67)c5)c4)c2n3-c2nc(-c3ccccc3)c3ccccc3n2)cc1. The van der Waals surface area contributed by atoms with Crippen molar-refractivity contribution in [2.75, 3.05) is 0 Å². The molecule has 3 nitrogen and oxygen atoms in total. The Balaban J connectivity index is 1.06. The summed E-state index contributed by atoms with van der Waals surface area (Å²) in [5.41, 5.74) is 14.4. The average molecular weight is 782 g/mol. The second-order valence-electron chi connectivity index (χ2n) is 15.3. The summed E-state index contributed by atoms with van der Waals surface area (Å²) in [5, 5.41) is 5.97. The van der Waals surface area contributed by atoms with E-state index in [4.69, 9.17) is 9.97 Å². The molecule has 0 radical (unpaired) electrons. The van der Waals surface area contributed by atoms with Gasteiger partial charge in [-0.1, -0.05) is 176 Å². The van der Waals surface area contributed by atoms with Crippen LogP contribution in [0.25, 0.3) is 115 Å². The number of rotatable bonds is 6. The van der Waals surface area contributed by atoms with E-state index in [0.717, 1.165) is 60.7 Å². The van der Waals surface area contributed by atoms with Crippen molar-refractivity contribution in [3.05, 3.63) is 212 Å². The van der Waals surface area contributed by atoms with Crippen LogP contribution in [0, 0.1) is 0 Å². The fraction of sp³-hybridized carbons (Fsp3) is 0. The van der Waals surface area contributed by atoms with Crippen molar-refractivity contribution in [1.82, 2.24) is 14.5 Å². The molecular weight excluding hydrogens is 747 g/mol. The fourth-order valence-corrected chi connectivity index (χ4v) is 10.2. The number of hydrogen-bond acceptors (Lipinski definition) is 3. The lowest BCUT2D eigenvalue weighted by atomic mass is 9.95. The smallest absolute Gasteiger partial charge is 0.235 e. The highest BCUT2D eigenvalue weighted by Crippen LogP contribution is 2.43. The zero-order valence-electron chi connectivity index (χ0n) is 32.5. The van der Waals surface area contributed by atoms with Crippen LogP contribution >= 0.6 is 11.3 Å². The van der Waals surface area contributed by atoms with Crippen molar-refractivity contribution in [3.8, 4) is 61.7 Å². The monoisotopic (exact) mass is 781 g/mol. The minimum atomic E-state index is 0.645. The maximum Gasteiger partial charge on any atom is 0.235 e. The van der Waals surface area contributed by atoms with Gasteiger partial charge in [-0.05, 0) is 75.3 Å². The lowest BCUT2D eigenvalue weighted by Crippen LogP contribution is -2.04. The molecule has 0 spiro atoms. The molecule has 4 heteroatoms. The largest absolute Gasteiger partial charge is 0.277 e. The van der Waals surface area contributed by atoms with E-state index in [9.17, 15) is 0 Å². The van der Waals surface area contributed by atoms with Gasteiger partial charge in [-0.15, -0.1) is 11.3 Å². The first-order chi connectivity index (χ1) is 29.7. The number of nitrogens with zero attached hydrogens (tertiary/aromatic N) is 3. The average Bonchev–Trinajstić information content (AvgIpc) is 3.88. The van der Waals surface area contributed by atoms with E-state index in [1.165, 1.54) is 48.0 Å². The highest BCUT2D eigenvalue weighted by Gasteiger charge is 2.21. The first-order valence-corrected chi connectivity index (χ1v) is 21.1. The summed E-state index contributed by atoms with van der Waals surface area (Å²) in [6.45, 7) is 0. The van der Waals surface area contributed by atoms with E-state index in [0.29, 0.717) is 5.95 Å². The Hall–Kier alpha value is -7.66. The predicted octanol–water partition coefficient (Wildman–Crippen LogP) is 15.4. The molecule has 0 fully saturated rings. The van der Waals surface area contributed by atoms with Crippen LogP contribution in [0.4, 0.5) is 0 Å². The van der Waals surface area contributed by atoms with E-state index in [1.54, 1.807) is 0 Å². The molecule has 0 atom stereocenters. The van der Waals surface area contributed by atoms with Crippen molar-refractivity contribution in [2.24, 2.45) is 0 Å². The zero-order chi connectivity index (χ0) is 39.6. The molecule has 9 aromatic carbocycles. The number of para-hydroxylation sites is 2. The molecule has 0 unspecified atom stereocenters. The van der Waals surface area contributed by atoms with Crippen molar-refractivity contribution in [2.45, 2.75) is 0 Å². The molecule has 3 heterocycles. The van der Waals surface area contributed by atoms with Crippen LogP contribution < -0.4 is 0 Å². The summed E-state index contributed by atoms with van der Waals surface area (Å²) in [6.07, 6.45) is 0. The molecule has 280 valence electrons. The number of benzene rings is 9. The van der Waals surface area contributed by atoms with Crippen molar-refractivity contribution in [1.29, 1.82) is 0 Å². The minimum absolute atomic E-state index is 0.645. The Morgan fingerprint density at radius 1 is 0.350 bits per heavy atom. The normalized spacial score (nSPS) is 11.7. The van der Waals surface area contributed by atoms with Gasteiger partial charge in [-0.2, -0.15) is 0 Å². The van der Waals surface area contributed by atoms with Gasteiger partial charge in [0.25, 0.3) is 0 Å². The Morgan fingerprint density at radius 2 is 0.917 bits per heavy atom. The second-order valence-corrected chi connectivity index (χ2v) is 16.4. The summed E-state index contributed by atoms with van der Waals surface area (Å²) < 4.78 is 4.93. The molecule has 0 N–H and O–H groups in total. The quantitative estimate of drug-likeness (QED) is 0.168. The highest BCUT2D eigenvalue weighted by molar-refractivity contribution is 7.26. The first kappa shape index (κ1) is 34.4. The molecule has 0 saturated carbocycles. The molecule has 12 aromatic rings. The second kappa shape index (κ2) is 14.0. The fourth-order valence-electron chi connectivity index (χ4n) is 9.01. The van der Waals surface area contributed by atoms with Crippen LogP contribution in [0.3, 0.4) is 0 Å². The molecule has 0 amide bonds. The van der Waals surface area contributed by atoms with Crippen LogP contribution in [0.5, 0.6) is 0 Å². The molecule has 12 rings (SSSR count). The van der Waals surface area contributed by atoms with Crippen LogP contribution in [0.15, 0.2) is 212 Å². The zero-order valence-corrected chi connectivity index (χ0v) is 33.3. The van der Waals surface area contributed by atoms with Gasteiger partial charge in [-0.25, -0.2) is 9.97 Å². The number of aromatic nitrogens is 3. The van der Waals surface area contributed by atoms with Crippen LogP contribution in [-0.4, -0.2) is 14.5 Å². The van der Waals surface area contributed by atoms with Crippen molar-refractivity contribution >= 4 is 64.2 Å². The number of hydrogen-bond donors (Lipinski definition) is 0. The molecule has 0 aliphatic rings. The maximum atomic E-state index is 5.42. The summed E-state index contributed by atoms with van der Waals surface area (Å²) in [4.78, 5) is 10.7. The topological polar surface area (TPSA) is 30.7 Å². The summed E-state index contributed by atoms with van der Waals surface area (Å²) in [7, 11) is 0. The summed E-state index contributed by atoms with van der Waals surface area (Å²) >= 11 is 1.87. The van der Waals surface area contributed by atoms with E-state index < -0.39 is 0 Å². The Morgan fingerprint density at radius 3 is 1.70 bits per heavy atom. The molecule has 0 aliphatic heterocycles. The lowest BCUT2D eigenvalue weighted by molar-refractivity contribution is 1.01. The summed E-state index contributed by atoms with van der Waals surface area (Å²) in [5.74, 6) is 0.645. The minimum Gasteiger partial charge on any atom is -0.277 e. The lowest BCUT2D eigenvalue weighted by Gasteiger charge is -2.14. The molecule has 0 saturated heterocycles. The van der Waals surface area contributed by atoms with Gasteiger partial charge in [0.1, 0.15) is 0 Å². The standard InChI is InChI=1S/C56H35N3S/c1-3-15-36(16-4-1)40-31-32-51-49(35-40)46-27-13-25-43(54(46)59(51)56-57-50-29-9-7-24-48(50)53(58-56)37-17-5-2-6-18-37)41-21-11-19-38(33-41)39-20-12-22-42(34-39)44-26-14-28-47-45-23-8-10-30-52(45)60-55(44)47/h1-35H. The Kier molecular flexibility index (Phi) is 8.03. The van der Waals surface area contributed by atoms with Crippen LogP contribution in [0.1, 0.15) is 0 Å². The van der Waals surface area contributed by atoms with Crippen LogP contribution in [0.2, 0.25) is 0 Å². The maximum absolute atomic E-state index is 5.42. The van der Waals surface area contributed by atoms with Gasteiger partial charge in [0, 0.05) is 47.5 Å². The van der Waals surface area contributed by atoms with E-state index in [1.807, 2.05) is 17.4 Å². The Bertz CT molecular complexity index is 3600. The molecule has 0 bridgehead atoms. The molecule has 3 aromatic heterocycles. The van der Waals surface area contributed by atoms with Gasteiger partial charge in [0.2, 0.25) is 5.95 Å². The van der Waals surface area contributed by atoms with E-state index >= 15 is 0 Å². The van der Waals surface area contributed by atoms with E-state index in [2.05, 4.69) is 211 Å². The number of thiophene rings is 1. The van der Waals surface area contributed by atoms with Gasteiger partial charge in [0.05, 0.1) is 22.2 Å². The van der Waals surface area contributed by atoms with Crippen molar-refractivity contribution in [3.63, 3.8) is 0 Å². The highest BCUT2D eigenvalue weighted by atomic mass is 32.1. The number of fused-ring (bicyclic) bond motifs is 7. The Labute approximate surface area is 351 Å². The molecule has 0 aliphatic carbocycles. The van der Waals surface area contributed by atoms with Crippen LogP contribution in [-0.2, 0) is 0 Å². The van der Waals surface area contributed by atoms with Crippen molar-refractivity contribution < 1.29 is 0 Å². The van der Waals surface area contributed by atoms with Gasteiger partial charge >= 0.3 is 0 Å². The summed E-state index contributed by atoms with van der Waals surface area (Å²) in [6, 6.07) is 76.2. The van der Waals surface area contributed by atoms with Gasteiger partial charge < -0.3 is 0 Å². The third-order valence-electron chi connectivity index (χ3n) is 11.8. The van der Waals surface area contributed by atoms with E-state index in [-0.39, 0.29) is 0 Å². The molecular formula is C56H35N3S. The molecule has 60 heavy (non-hydrogen) atoms. The van der Waals surface area contributed by atoms with Gasteiger partial charge in [0.15, 0.2) is 0 Å². The third-order valence-corrected chi connectivity index (χ3v) is 13.0. The third kappa shape index (κ3) is 5.65. The predicted molar refractivity (Wildman–Crippen MR) is 254 cm³/mol. The first-order valence-electron chi connectivity index (χ1n) is 20.3.